The molecule has 0 rings (SSSR count). The SMILES string of the molecule is CC(CSCCCCCCS)C(=O)OCCOP(=O)(O)OCC[N+](C)(C)C. The van der Waals surface area contributed by atoms with Gasteiger partial charge in [0.25, 0.3) is 0 Å². The highest BCUT2D eigenvalue weighted by atomic mass is 32.2. The fourth-order valence-electron chi connectivity index (χ4n) is 1.90. The van der Waals surface area contributed by atoms with Crippen molar-refractivity contribution in [3.05, 3.63) is 0 Å². The van der Waals surface area contributed by atoms with Crippen LogP contribution in [0.3, 0.4) is 0 Å². The van der Waals surface area contributed by atoms with E-state index in [9.17, 15) is 14.3 Å². The summed E-state index contributed by atoms with van der Waals surface area (Å²) in [4.78, 5) is 21.5. The molecule has 0 aromatic rings. The van der Waals surface area contributed by atoms with Crippen LogP contribution in [0.5, 0.6) is 0 Å². The Hall–Kier alpha value is 0.240. The van der Waals surface area contributed by atoms with E-state index in [1.807, 2.05) is 28.1 Å². The number of quaternary nitrogens is 1. The summed E-state index contributed by atoms with van der Waals surface area (Å²) in [6, 6.07) is 0. The Kier molecular flexibility index (Phi) is 15.3. The Labute approximate surface area is 174 Å². The Morgan fingerprint density at radius 1 is 1.11 bits per heavy atom. The van der Waals surface area contributed by atoms with Gasteiger partial charge in [-0.3, -0.25) is 13.8 Å². The zero-order valence-corrected chi connectivity index (χ0v) is 19.7. The van der Waals surface area contributed by atoms with E-state index in [4.69, 9.17) is 13.8 Å². The standard InChI is InChI=1S/C17H36NO6PS2/c1-16(15-27-14-8-6-5-7-13-26)17(19)22-11-12-24-25(20,21)23-10-9-18(2,3)4/h16H,5-15H2,1-4H3,(H-,20,21,26)/p+1. The van der Waals surface area contributed by atoms with Gasteiger partial charge in [-0.25, -0.2) is 4.57 Å². The fraction of sp³-hybridized carbons (Fsp3) is 0.941. The Morgan fingerprint density at radius 2 is 1.74 bits per heavy atom. The van der Waals surface area contributed by atoms with Gasteiger partial charge in [0.2, 0.25) is 0 Å². The molecule has 0 saturated heterocycles. The van der Waals surface area contributed by atoms with Crippen LogP contribution in [0.25, 0.3) is 0 Å². The van der Waals surface area contributed by atoms with E-state index in [0.717, 1.165) is 24.3 Å². The number of esters is 1. The smallest absolute Gasteiger partial charge is 0.463 e. The van der Waals surface area contributed by atoms with Gasteiger partial charge in [-0.2, -0.15) is 24.4 Å². The molecular weight excluding hydrogens is 409 g/mol. The molecule has 0 heterocycles. The summed E-state index contributed by atoms with van der Waals surface area (Å²) in [7, 11) is 1.75. The third-order valence-electron chi connectivity index (χ3n) is 3.57. The molecule has 7 nitrogen and oxygen atoms in total. The monoisotopic (exact) mass is 446 g/mol. The van der Waals surface area contributed by atoms with Crippen LogP contribution in [-0.4, -0.2) is 80.1 Å². The van der Waals surface area contributed by atoms with Gasteiger partial charge in [0.1, 0.15) is 19.8 Å². The van der Waals surface area contributed by atoms with Crippen molar-refractivity contribution < 1.29 is 32.5 Å². The number of hydrogen-bond donors (Lipinski definition) is 2. The first-order valence-corrected chi connectivity index (χ1v) is 12.6. The molecule has 0 aromatic carbocycles. The maximum Gasteiger partial charge on any atom is 0.472 e. The highest BCUT2D eigenvalue weighted by molar-refractivity contribution is 7.99. The molecule has 0 fully saturated rings. The second-order valence-corrected chi connectivity index (χ2v) is 10.5. The number of carbonyl (C=O) groups is 1. The Bertz CT molecular complexity index is 448. The van der Waals surface area contributed by atoms with Crippen LogP contribution in [0.1, 0.15) is 32.6 Å². The summed E-state index contributed by atoms with van der Waals surface area (Å²) in [6.45, 7) is 2.27. The number of hydrogen-bond acceptors (Lipinski definition) is 7. The first kappa shape index (κ1) is 27.2. The Balaban J connectivity index is 3.74. The normalized spacial score (nSPS) is 15.3. The predicted molar refractivity (Wildman–Crippen MR) is 114 cm³/mol. The van der Waals surface area contributed by atoms with Crippen molar-refractivity contribution in [2.45, 2.75) is 32.6 Å². The van der Waals surface area contributed by atoms with Crippen molar-refractivity contribution >= 4 is 38.2 Å². The summed E-state index contributed by atoms with van der Waals surface area (Å²) in [5.41, 5.74) is 0. The summed E-state index contributed by atoms with van der Waals surface area (Å²) in [5.74, 6) is 2.15. The highest BCUT2D eigenvalue weighted by Crippen LogP contribution is 2.42. The number of carbonyl (C=O) groups excluding carboxylic acids is 1. The second-order valence-electron chi connectivity index (χ2n) is 7.43. The van der Waals surface area contributed by atoms with E-state index < -0.39 is 7.82 Å². The molecule has 27 heavy (non-hydrogen) atoms. The molecule has 2 atom stereocenters. The first-order chi connectivity index (χ1) is 12.6. The van der Waals surface area contributed by atoms with Crippen LogP contribution >= 0.6 is 32.2 Å². The lowest BCUT2D eigenvalue weighted by molar-refractivity contribution is -0.870. The van der Waals surface area contributed by atoms with Crippen molar-refractivity contribution in [3.63, 3.8) is 0 Å². The van der Waals surface area contributed by atoms with E-state index in [0.29, 0.717) is 16.8 Å². The summed E-state index contributed by atoms with van der Waals surface area (Å²) >= 11 is 5.93. The molecule has 0 aliphatic heterocycles. The molecule has 0 aliphatic carbocycles. The average molecular weight is 447 g/mol. The van der Waals surface area contributed by atoms with Crippen molar-refractivity contribution in [1.29, 1.82) is 0 Å². The maximum atomic E-state index is 11.9. The number of ether oxygens (including phenoxy) is 1. The molecule has 0 amide bonds. The van der Waals surface area contributed by atoms with E-state index >= 15 is 0 Å². The molecule has 1 N–H and O–H groups in total. The average Bonchev–Trinajstić information content (AvgIpc) is 2.56. The molecule has 0 aromatic heterocycles. The van der Waals surface area contributed by atoms with E-state index in [1.165, 1.54) is 12.8 Å². The number of thiol groups is 1. The molecule has 0 bridgehead atoms. The number of likely N-dealkylation sites (N-methyl/N-ethyl adjacent to an activating group) is 1. The van der Waals surface area contributed by atoms with Crippen molar-refractivity contribution in [3.8, 4) is 0 Å². The molecule has 10 heteroatoms. The molecule has 0 spiro atoms. The van der Waals surface area contributed by atoms with Crippen molar-refractivity contribution in [2.75, 3.05) is 64.8 Å². The molecular formula is C17H37NO6PS2+. The zero-order chi connectivity index (χ0) is 20.8. The van der Waals surface area contributed by atoms with Crippen molar-refractivity contribution in [1.82, 2.24) is 0 Å². The number of phosphoric ester groups is 1. The second kappa shape index (κ2) is 15.1. The quantitative estimate of drug-likeness (QED) is 0.117. The lowest BCUT2D eigenvalue weighted by Gasteiger charge is -2.24. The van der Waals surface area contributed by atoms with Gasteiger partial charge in [0.15, 0.2) is 0 Å². The maximum absolute atomic E-state index is 11.9. The first-order valence-electron chi connectivity index (χ1n) is 9.35. The van der Waals surface area contributed by atoms with Crippen LogP contribution in [-0.2, 0) is 23.1 Å². The summed E-state index contributed by atoms with van der Waals surface area (Å²) in [6.07, 6.45) is 4.70. The fourth-order valence-corrected chi connectivity index (χ4v) is 3.88. The number of thioether (sulfide) groups is 1. The van der Waals surface area contributed by atoms with E-state index in [2.05, 4.69) is 12.6 Å². The zero-order valence-electron chi connectivity index (χ0n) is 17.1. The molecule has 2 unspecified atom stereocenters. The highest BCUT2D eigenvalue weighted by Gasteiger charge is 2.23. The molecule has 0 aliphatic rings. The number of phosphoric acid groups is 1. The van der Waals surface area contributed by atoms with Gasteiger partial charge in [0, 0.05) is 5.75 Å². The van der Waals surface area contributed by atoms with Gasteiger partial charge in [-0.15, -0.1) is 0 Å². The lowest BCUT2D eigenvalue weighted by Crippen LogP contribution is -2.37. The van der Waals surface area contributed by atoms with Gasteiger partial charge >= 0.3 is 13.8 Å². The summed E-state index contributed by atoms with van der Waals surface area (Å²) in [5, 5.41) is 0. The number of rotatable bonds is 17. The largest absolute Gasteiger partial charge is 0.472 e. The van der Waals surface area contributed by atoms with Crippen LogP contribution in [0.4, 0.5) is 0 Å². The van der Waals surface area contributed by atoms with Gasteiger partial charge in [0.05, 0.1) is 33.7 Å². The number of unbranched alkanes of at least 4 members (excludes halogenated alkanes) is 3. The van der Waals surface area contributed by atoms with Gasteiger partial charge < -0.3 is 14.1 Å². The third kappa shape index (κ3) is 18.0. The van der Waals surface area contributed by atoms with Crippen molar-refractivity contribution in [2.24, 2.45) is 5.92 Å². The van der Waals surface area contributed by atoms with E-state index in [-0.39, 0.29) is 31.7 Å². The summed E-state index contributed by atoms with van der Waals surface area (Å²) < 4.78 is 27.1. The third-order valence-corrected chi connectivity index (χ3v) is 6.21. The number of nitrogens with zero attached hydrogens (tertiary/aromatic N) is 1. The molecule has 0 radical (unpaired) electrons. The van der Waals surface area contributed by atoms with Crippen LogP contribution in [0, 0.1) is 5.92 Å². The minimum absolute atomic E-state index is 0.0686. The van der Waals surface area contributed by atoms with Crippen LogP contribution < -0.4 is 0 Å². The molecule has 162 valence electrons. The van der Waals surface area contributed by atoms with Gasteiger partial charge in [-0.05, 0) is 24.3 Å². The predicted octanol–water partition coefficient (Wildman–Crippen LogP) is 3.23. The lowest BCUT2D eigenvalue weighted by atomic mass is 10.2. The van der Waals surface area contributed by atoms with E-state index in [1.54, 1.807) is 11.8 Å². The topological polar surface area (TPSA) is 82.1 Å². The van der Waals surface area contributed by atoms with Crippen LogP contribution in [0.2, 0.25) is 0 Å². The van der Waals surface area contributed by atoms with Gasteiger partial charge in [-0.1, -0.05) is 19.8 Å². The van der Waals surface area contributed by atoms with Crippen LogP contribution in [0.15, 0.2) is 0 Å². The minimum Gasteiger partial charge on any atom is -0.463 e. The minimum atomic E-state index is -4.11. The Morgan fingerprint density at radius 3 is 2.37 bits per heavy atom. The molecule has 0 saturated carbocycles.